The summed E-state index contributed by atoms with van der Waals surface area (Å²) in [6, 6.07) is 23.4. The topological polar surface area (TPSA) is 94.0 Å². The Morgan fingerprint density at radius 3 is 2.45 bits per heavy atom. The van der Waals surface area contributed by atoms with Crippen molar-refractivity contribution in [2.75, 3.05) is 0 Å². The van der Waals surface area contributed by atoms with Crippen LogP contribution in [0.5, 0.6) is 0 Å². The maximum absolute atomic E-state index is 13.0. The Labute approximate surface area is 225 Å². The molecule has 7 nitrogen and oxygen atoms in total. The average molecular weight is 543 g/mol. The molecule has 3 aromatic carbocycles. The van der Waals surface area contributed by atoms with Crippen LogP contribution in [-0.4, -0.2) is 28.9 Å². The number of aromatic nitrogens is 3. The molecule has 1 amide bonds. The van der Waals surface area contributed by atoms with Crippen LogP contribution in [0.3, 0.4) is 0 Å². The zero-order valence-electron chi connectivity index (χ0n) is 20.4. The minimum Gasteiger partial charge on any atom is -0.311 e. The van der Waals surface area contributed by atoms with Crippen molar-refractivity contribution in [1.29, 1.82) is 0 Å². The molecule has 0 aliphatic rings. The number of imidazole rings is 1. The second kappa shape index (κ2) is 10.2. The van der Waals surface area contributed by atoms with Crippen LogP contribution < -0.4 is 4.72 Å². The van der Waals surface area contributed by atoms with Crippen molar-refractivity contribution in [3.8, 4) is 11.1 Å². The number of rotatable bonds is 7. The number of sulfonamides is 1. The molecule has 9 heteroatoms. The highest BCUT2D eigenvalue weighted by molar-refractivity contribution is 7.90. The van der Waals surface area contributed by atoms with Gasteiger partial charge in [0, 0.05) is 5.02 Å². The Bertz CT molecular complexity index is 1780. The number of carbonyl (C=O) groups is 1. The number of benzene rings is 3. The number of hydrogen-bond donors (Lipinski definition) is 1. The van der Waals surface area contributed by atoms with Crippen molar-refractivity contribution in [2.24, 2.45) is 0 Å². The predicted molar refractivity (Wildman–Crippen MR) is 149 cm³/mol. The summed E-state index contributed by atoms with van der Waals surface area (Å²) in [4.78, 5) is 21.8. The van der Waals surface area contributed by atoms with Crippen LogP contribution in [0.15, 0.2) is 96.7 Å². The van der Waals surface area contributed by atoms with Crippen molar-refractivity contribution < 1.29 is 13.2 Å². The van der Waals surface area contributed by atoms with E-state index in [1.165, 1.54) is 18.2 Å². The van der Waals surface area contributed by atoms with E-state index in [0.29, 0.717) is 28.3 Å². The van der Waals surface area contributed by atoms with E-state index >= 15 is 0 Å². The van der Waals surface area contributed by atoms with E-state index < -0.39 is 15.9 Å². The maximum atomic E-state index is 13.0. The van der Waals surface area contributed by atoms with Crippen molar-refractivity contribution in [3.63, 3.8) is 0 Å². The molecule has 0 unspecified atom stereocenters. The second-order valence-corrected chi connectivity index (χ2v) is 10.8. The molecule has 0 aliphatic carbocycles. The van der Waals surface area contributed by atoms with Crippen LogP contribution in [0, 0.1) is 6.92 Å². The number of fused-ring (bicyclic) bond motifs is 1. The molecule has 0 spiro atoms. The van der Waals surface area contributed by atoms with E-state index in [1.54, 1.807) is 36.0 Å². The van der Waals surface area contributed by atoms with Crippen LogP contribution in [0.25, 0.3) is 28.4 Å². The molecule has 38 heavy (non-hydrogen) atoms. The Hall–Kier alpha value is -4.27. The molecule has 5 rings (SSSR count). The predicted octanol–water partition coefficient (Wildman–Crippen LogP) is 5.87. The van der Waals surface area contributed by atoms with Gasteiger partial charge in [-0.15, -0.1) is 0 Å². The number of amides is 1. The minimum absolute atomic E-state index is 0.0337. The van der Waals surface area contributed by atoms with Crippen molar-refractivity contribution in [2.45, 2.75) is 18.4 Å². The summed E-state index contributed by atoms with van der Waals surface area (Å²) in [5.74, 6) is -0.833. The molecular formula is C29H23ClN4O3S. The zero-order chi connectivity index (χ0) is 26.9. The lowest BCUT2D eigenvalue weighted by molar-refractivity contribution is 0.0976. The third-order valence-electron chi connectivity index (χ3n) is 6.15. The fourth-order valence-corrected chi connectivity index (χ4v) is 5.31. The Morgan fingerprint density at radius 2 is 1.76 bits per heavy atom. The molecule has 0 fully saturated rings. The lowest BCUT2D eigenvalue weighted by Gasteiger charge is -2.10. The molecule has 0 atom stereocenters. The molecule has 2 aromatic heterocycles. The molecule has 0 bridgehead atoms. The number of nitrogens with zero attached hydrogens (tertiary/aromatic N) is 3. The number of nitrogens with one attached hydrogen (secondary N) is 1. The summed E-state index contributed by atoms with van der Waals surface area (Å²) in [5, 5.41) is 0.590. The molecule has 190 valence electrons. The normalized spacial score (nSPS) is 11.4. The van der Waals surface area contributed by atoms with Crippen LogP contribution >= 0.6 is 11.6 Å². The first kappa shape index (κ1) is 25.4. The molecule has 1 N–H and O–H groups in total. The molecule has 5 aromatic rings. The van der Waals surface area contributed by atoms with Crippen LogP contribution in [0.2, 0.25) is 5.02 Å². The van der Waals surface area contributed by atoms with E-state index in [0.717, 1.165) is 22.3 Å². The Balaban J connectivity index is 1.42. The molecule has 2 heterocycles. The summed E-state index contributed by atoms with van der Waals surface area (Å²) in [6.07, 6.45) is 3.23. The van der Waals surface area contributed by atoms with Gasteiger partial charge < -0.3 is 4.57 Å². The highest BCUT2D eigenvalue weighted by Gasteiger charge is 2.21. The largest absolute Gasteiger partial charge is 0.311 e. The van der Waals surface area contributed by atoms with Crippen molar-refractivity contribution in [1.82, 2.24) is 19.3 Å². The standard InChI is InChI=1S/C29H23ClN4O3S/c1-3-20-9-13-24(14-10-20)38(36,37)33-29(35)26-15-19(2)27-28(32-26)34(18-31-27)17-23-12-11-22(16-25(23)30)21-7-5-4-6-8-21/h3-16,18H,1,17H2,2H3,(H,33,35). The van der Waals surface area contributed by atoms with Gasteiger partial charge in [0.1, 0.15) is 11.2 Å². The minimum atomic E-state index is -4.09. The van der Waals surface area contributed by atoms with E-state index in [1.807, 2.05) is 48.5 Å². The van der Waals surface area contributed by atoms with E-state index in [-0.39, 0.29) is 10.6 Å². The van der Waals surface area contributed by atoms with Crippen LogP contribution in [-0.2, 0) is 16.6 Å². The smallest absolute Gasteiger partial charge is 0.283 e. The lowest BCUT2D eigenvalue weighted by Crippen LogP contribution is -2.31. The Morgan fingerprint density at radius 1 is 1.03 bits per heavy atom. The van der Waals surface area contributed by atoms with E-state index in [2.05, 4.69) is 21.3 Å². The Kier molecular flexibility index (Phi) is 6.84. The first-order valence-corrected chi connectivity index (χ1v) is 13.6. The van der Waals surface area contributed by atoms with Crippen molar-refractivity contribution in [3.05, 3.63) is 119 Å². The first-order chi connectivity index (χ1) is 18.2. The summed E-state index contributed by atoms with van der Waals surface area (Å²) in [6.45, 7) is 5.82. The van der Waals surface area contributed by atoms with Crippen LogP contribution in [0.1, 0.15) is 27.2 Å². The highest BCUT2D eigenvalue weighted by Crippen LogP contribution is 2.27. The monoisotopic (exact) mass is 542 g/mol. The quantitative estimate of drug-likeness (QED) is 0.277. The summed E-state index contributed by atoms with van der Waals surface area (Å²) in [5.41, 5.74) is 5.40. The van der Waals surface area contributed by atoms with Gasteiger partial charge in [-0.1, -0.05) is 78.9 Å². The fraction of sp³-hybridized carbons (Fsp3) is 0.0690. The number of aryl methyl sites for hydroxylation is 1. The fourth-order valence-electron chi connectivity index (χ4n) is 4.11. The second-order valence-electron chi connectivity index (χ2n) is 8.75. The highest BCUT2D eigenvalue weighted by atomic mass is 35.5. The van der Waals surface area contributed by atoms with Gasteiger partial charge in [-0.2, -0.15) is 0 Å². The summed E-state index contributed by atoms with van der Waals surface area (Å²) >= 11 is 6.62. The molecule has 0 saturated heterocycles. The maximum Gasteiger partial charge on any atom is 0.283 e. The SMILES string of the molecule is C=Cc1ccc(S(=O)(=O)NC(=O)c2cc(C)c3ncn(Cc4ccc(-c5ccccc5)cc4Cl)c3n2)cc1. The number of halogens is 1. The van der Waals surface area contributed by atoms with Crippen LogP contribution in [0.4, 0.5) is 0 Å². The average Bonchev–Trinajstić information content (AvgIpc) is 3.33. The summed E-state index contributed by atoms with van der Waals surface area (Å²) < 4.78 is 29.4. The van der Waals surface area contributed by atoms with Gasteiger partial charge >= 0.3 is 0 Å². The van der Waals surface area contributed by atoms with Gasteiger partial charge in [0.05, 0.1) is 17.8 Å². The molecule has 0 radical (unpaired) electrons. The van der Waals surface area contributed by atoms with Gasteiger partial charge in [0.15, 0.2) is 5.65 Å². The number of hydrogen-bond acceptors (Lipinski definition) is 5. The zero-order valence-corrected chi connectivity index (χ0v) is 22.0. The molecule has 0 saturated carbocycles. The van der Waals surface area contributed by atoms with E-state index in [9.17, 15) is 13.2 Å². The van der Waals surface area contributed by atoms with Gasteiger partial charge in [-0.05, 0) is 59.0 Å². The number of carbonyl (C=O) groups excluding carboxylic acids is 1. The van der Waals surface area contributed by atoms with Gasteiger partial charge in [-0.25, -0.2) is 23.1 Å². The van der Waals surface area contributed by atoms with Gasteiger partial charge in [-0.3, -0.25) is 4.79 Å². The first-order valence-electron chi connectivity index (χ1n) is 11.7. The molecule has 0 aliphatic heterocycles. The number of pyridine rings is 1. The lowest BCUT2D eigenvalue weighted by atomic mass is 10.0. The van der Waals surface area contributed by atoms with E-state index in [4.69, 9.17) is 11.6 Å². The van der Waals surface area contributed by atoms with Crippen molar-refractivity contribution >= 4 is 44.8 Å². The third kappa shape index (κ3) is 5.09. The molecular weight excluding hydrogens is 520 g/mol. The third-order valence-corrected chi connectivity index (χ3v) is 7.85. The summed E-state index contributed by atoms with van der Waals surface area (Å²) in [7, 11) is -4.09. The van der Waals surface area contributed by atoms with Gasteiger partial charge in [0.25, 0.3) is 15.9 Å². The van der Waals surface area contributed by atoms with Gasteiger partial charge in [0.2, 0.25) is 0 Å².